The predicted octanol–water partition coefficient (Wildman–Crippen LogP) is 5.16. The Labute approximate surface area is 205 Å². The molecule has 6 nitrogen and oxygen atoms in total. The second kappa shape index (κ2) is 9.25. The summed E-state index contributed by atoms with van der Waals surface area (Å²) < 4.78 is 19.0. The molecular weight excluding hydrogens is 442 g/mol. The van der Waals surface area contributed by atoms with Gasteiger partial charge in [0.1, 0.15) is 17.6 Å². The first-order valence-electron chi connectivity index (χ1n) is 12.2. The SMILES string of the molecule is COC(=O)C[C@@H]1CCOc2cc(O[C@@H]3CCc4c(-c5c(C)cc(=O)n(C)c5C)cccc43)ccc21. The Bertz CT molecular complexity index is 1360. The molecule has 35 heavy (non-hydrogen) atoms. The van der Waals surface area contributed by atoms with Gasteiger partial charge < -0.3 is 18.8 Å². The number of aryl methyl sites for hydroxylation is 1. The summed E-state index contributed by atoms with van der Waals surface area (Å²) in [7, 11) is 3.25. The van der Waals surface area contributed by atoms with Crippen LogP contribution in [-0.4, -0.2) is 24.3 Å². The first-order valence-corrected chi connectivity index (χ1v) is 12.2. The highest BCUT2D eigenvalue weighted by Gasteiger charge is 2.29. The van der Waals surface area contributed by atoms with Crippen molar-refractivity contribution in [1.29, 1.82) is 0 Å². The van der Waals surface area contributed by atoms with Gasteiger partial charge in [0.05, 0.1) is 20.1 Å². The van der Waals surface area contributed by atoms with Crippen LogP contribution in [0.2, 0.25) is 0 Å². The van der Waals surface area contributed by atoms with Crippen LogP contribution in [0.15, 0.2) is 47.3 Å². The molecule has 0 saturated carbocycles. The van der Waals surface area contributed by atoms with Crippen molar-refractivity contribution >= 4 is 5.97 Å². The molecule has 182 valence electrons. The fourth-order valence-corrected chi connectivity index (χ4v) is 5.53. The van der Waals surface area contributed by atoms with E-state index in [1.54, 1.807) is 10.6 Å². The summed E-state index contributed by atoms with van der Waals surface area (Å²) in [4.78, 5) is 24.0. The van der Waals surface area contributed by atoms with Gasteiger partial charge in [-0.15, -0.1) is 0 Å². The van der Waals surface area contributed by atoms with E-state index in [0.29, 0.717) is 13.0 Å². The summed E-state index contributed by atoms with van der Waals surface area (Å²) in [6, 6.07) is 14.0. The Balaban J connectivity index is 1.43. The highest BCUT2D eigenvalue weighted by Crippen LogP contribution is 2.43. The number of nitrogens with zero attached hydrogens (tertiary/aromatic N) is 1. The maximum Gasteiger partial charge on any atom is 0.306 e. The third kappa shape index (κ3) is 4.22. The number of aromatic nitrogens is 1. The summed E-state index contributed by atoms with van der Waals surface area (Å²) in [5.74, 6) is 1.44. The number of methoxy groups -OCH3 is 1. The molecule has 0 fully saturated rings. The van der Waals surface area contributed by atoms with Gasteiger partial charge in [-0.1, -0.05) is 24.3 Å². The second-order valence-electron chi connectivity index (χ2n) is 9.52. The lowest BCUT2D eigenvalue weighted by atomic mass is 9.90. The lowest BCUT2D eigenvalue weighted by molar-refractivity contribution is -0.141. The van der Waals surface area contributed by atoms with Crippen molar-refractivity contribution in [2.45, 2.75) is 51.6 Å². The van der Waals surface area contributed by atoms with E-state index in [9.17, 15) is 9.59 Å². The molecule has 6 heteroatoms. The highest BCUT2D eigenvalue weighted by molar-refractivity contribution is 5.74. The molecule has 0 spiro atoms. The summed E-state index contributed by atoms with van der Waals surface area (Å²) in [5.41, 5.74) is 7.80. The molecule has 0 amide bonds. The third-order valence-electron chi connectivity index (χ3n) is 7.48. The van der Waals surface area contributed by atoms with Crippen molar-refractivity contribution in [3.63, 3.8) is 0 Å². The molecule has 2 aromatic carbocycles. The maximum atomic E-state index is 12.2. The number of pyridine rings is 1. The molecule has 0 unspecified atom stereocenters. The molecule has 0 radical (unpaired) electrons. The minimum atomic E-state index is -0.203. The molecule has 0 saturated heterocycles. The summed E-state index contributed by atoms with van der Waals surface area (Å²) in [6.45, 7) is 4.59. The van der Waals surface area contributed by atoms with Gasteiger partial charge in [0.2, 0.25) is 0 Å². The van der Waals surface area contributed by atoms with E-state index in [-0.39, 0.29) is 23.6 Å². The van der Waals surface area contributed by atoms with Crippen molar-refractivity contribution < 1.29 is 19.0 Å². The van der Waals surface area contributed by atoms with Crippen molar-refractivity contribution in [1.82, 2.24) is 4.57 Å². The fraction of sp³-hybridized carbons (Fsp3) is 0.379. The van der Waals surface area contributed by atoms with Gasteiger partial charge in [0, 0.05) is 36.4 Å². The number of hydrogen-bond donors (Lipinski definition) is 0. The molecule has 5 rings (SSSR count). The predicted molar refractivity (Wildman–Crippen MR) is 134 cm³/mol. The average Bonchev–Trinajstić information content (AvgIpc) is 3.26. The van der Waals surface area contributed by atoms with Crippen LogP contribution in [0.3, 0.4) is 0 Å². The largest absolute Gasteiger partial charge is 0.493 e. The maximum absolute atomic E-state index is 12.2. The zero-order chi connectivity index (χ0) is 24.7. The summed E-state index contributed by atoms with van der Waals surface area (Å²) in [5, 5.41) is 0. The number of carbonyl (C=O) groups excluding carboxylic acids is 1. The molecular formula is C29H31NO5. The smallest absolute Gasteiger partial charge is 0.306 e. The van der Waals surface area contributed by atoms with Crippen LogP contribution < -0.4 is 15.0 Å². The molecule has 1 aromatic heterocycles. The van der Waals surface area contributed by atoms with Crippen LogP contribution >= 0.6 is 0 Å². The minimum Gasteiger partial charge on any atom is -0.493 e. The van der Waals surface area contributed by atoms with Gasteiger partial charge in [0.15, 0.2) is 0 Å². The molecule has 0 bridgehead atoms. The minimum absolute atomic E-state index is 0.0148. The van der Waals surface area contributed by atoms with Gasteiger partial charge in [-0.25, -0.2) is 0 Å². The van der Waals surface area contributed by atoms with Crippen molar-refractivity contribution in [2.24, 2.45) is 7.05 Å². The summed E-state index contributed by atoms with van der Waals surface area (Å²) in [6.07, 6.45) is 2.91. The molecule has 1 aliphatic carbocycles. The highest BCUT2D eigenvalue weighted by atomic mass is 16.5. The van der Waals surface area contributed by atoms with Crippen molar-refractivity contribution in [2.75, 3.05) is 13.7 Å². The number of fused-ring (bicyclic) bond motifs is 2. The number of benzene rings is 2. The lowest BCUT2D eigenvalue weighted by Gasteiger charge is -2.26. The van der Waals surface area contributed by atoms with Gasteiger partial charge >= 0.3 is 5.97 Å². The quantitative estimate of drug-likeness (QED) is 0.479. The Morgan fingerprint density at radius 2 is 1.94 bits per heavy atom. The van der Waals surface area contributed by atoms with Crippen molar-refractivity contribution in [3.05, 3.63) is 80.8 Å². The third-order valence-corrected chi connectivity index (χ3v) is 7.48. The van der Waals surface area contributed by atoms with Crippen LogP contribution in [0.4, 0.5) is 0 Å². The van der Waals surface area contributed by atoms with Crippen LogP contribution in [0.5, 0.6) is 11.5 Å². The van der Waals surface area contributed by atoms with Gasteiger partial charge in [-0.05, 0) is 67.0 Å². The molecule has 2 aliphatic rings. The van der Waals surface area contributed by atoms with Crippen LogP contribution in [0, 0.1) is 13.8 Å². The molecule has 2 heterocycles. The zero-order valence-corrected chi connectivity index (χ0v) is 20.7. The monoisotopic (exact) mass is 473 g/mol. The van der Waals surface area contributed by atoms with E-state index >= 15 is 0 Å². The Morgan fingerprint density at radius 3 is 2.74 bits per heavy atom. The van der Waals surface area contributed by atoms with Crippen molar-refractivity contribution in [3.8, 4) is 22.6 Å². The molecule has 2 atom stereocenters. The van der Waals surface area contributed by atoms with E-state index in [2.05, 4.69) is 18.2 Å². The van der Waals surface area contributed by atoms with Crippen LogP contribution in [0.25, 0.3) is 11.1 Å². The lowest BCUT2D eigenvalue weighted by Crippen LogP contribution is -2.19. The standard InChI is InChI=1S/C29H31NO5/c1-17-14-27(31)30(3)18(2)29(17)24-7-5-6-23-22(24)10-11-25(23)35-20-8-9-21-19(15-28(32)33-4)12-13-34-26(21)16-20/h5-9,14,16,19,25H,10-13,15H2,1-4H3/t19-,25+/m0/s1. The molecule has 1 aliphatic heterocycles. The number of hydrogen-bond acceptors (Lipinski definition) is 5. The number of rotatable bonds is 5. The van der Waals surface area contributed by atoms with Crippen LogP contribution in [-0.2, 0) is 23.0 Å². The normalized spacial score (nSPS) is 18.4. The number of ether oxygens (including phenoxy) is 3. The Kier molecular flexibility index (Phi) is 6.13. The Morgan fingerprint density at radius 1 is 1.11 bits per heavy atom. The summed E-state index contributed by atoms with van der Waals surface area (Å²) >= 11 is 0. The fourth-order valence-electron chi connectivity index (χ4n) is 5.53. The number of esters is 1. The van der Waals surface area contributed by atoms with Gasteiger partial charge in [0.25, 0.3) is 5.56 Å². The second-order valence-corrected chi connectivity index (χ2v) is 9.52. The van der Waals surface area contributed by atoms with E-state index < -0.39 is 0 Å². The van der Waals surface area contributed by atoms with E-state index in [1.807, 2.05) is 39.1 Å². The average molecular weight is 474 g/mol. The molecule has 0 N–H and O–H groups in total. The molecule has 3 aromatic rings. The topological polar surface area (TPSA) is 66.8 Å². The first kappa shape index (κ1) is 23.2. The van der Waals surface area contributed by atoms with E-state index in [1.165, 1.54) is 23.8 Å². The number of carbonyl (C=O) groups is 1. The van der Waals surface area contributed by atoms with Gasteiger partial charge in [-0.2, -0.15) is 0 Å². The van der Waals surface area contributed by atoms with Crippen LogP contribution in [0.1, 0.15) is 59.2 Å². The zero-order valence-electron chi connectivity index (χ0n) is 20.7. The van der Waals surface area contributed by atoms with E-state index in [4.69, 9.17) is 14.2 Å². The van der Waals surface area contributed by atoms with E-state index in [0.717, 1.165) is 53.1 Å². The van der Waals surface area contributed by atoms with Gasteiger partial charge in [-0.3, -0.25) is 9.59 Å². The first-order chi connectivity index (χ1) is 16.9. The Hall–Kier alpha value is -3.54.